The Labute approximate surface area is 183 Å². The van der Waals surface area contributed by atoms with Crippen LogP contribution >= 0.6 is 0 Å². The van der Waals surface area contributed by atoms with Crippen molar-refractivity contribution in [2.45, 2.75) is 77.6 Å². The molecule has 1 heterocycles. The Morgan fingerprint density at radius 2 is 1.67 bits per heavy atom. The number of hydrogen-bond donors (Lipinski definition) is 0. The summed E-state index contributed by atoms with van der Waals surface area (Å²) < 4.78 is 36.6. The summed E-state index contributed by atoms with van der Waals surface area (Å²) in [5.41, 5.74) is 1.67. The lowest BCUT2D eigenvalue weighted by Gasteiger charge is -2.40. The number of ether oxygens (including phenoxy) is 1. The van der Waals surface area contributed by atoms with Crippen molar-refractivity contribution in [3.05, 3.63) is 23.8 Å². The molecule has 1 atom stereocenters. The van der Waals surface area contributed by atoms with Crippen molar-refractivity contribution < 1.29 is 26.9 Å². The molecule has 3 rings (SSSR count). The third-order valence-electron chi connectivity index (χ3n) is 5.98. The van der Waals surface area contributed by atoms with Gasteiger partial charge in [0.25, 0.3) is 0 Å². The van der Waals surface area contributed by atoms with Crippen LogP contribution in [0.15, 0.2) is 18.2 Å². The lowest BCUT2D eigenvalue weighted by Crippen LogP contribution is -2.49. The number of fused-ring (bicyclic) bond motifs is 1. The van der Waals surface area contributed by atoms with E-state index in [-0.39, 0.29) is 0 Å². The van der Waals surface area contributed by atoms with Gasteiger partial charge in [0.15, 0.2) is 0 Å². The fraction of sp³-hybridized carbons (Fsp3) is 0.727. The fourth-order valence-corrected chi connectivity index (χ4v) is 9.80. The maximum Gasteiger partial charge on any atom is 0.504 e. The summed E-state index contributed by atoms with van der Waals surface area (Å²) in [5, 5.41) is 0. The van der Waals surface area contributed by atoms with Gasteiger partial charge in [-0.05, 0) is 58.4 Å². The van der Waals surface area contributed by atoms with Gasteiger partial charge in [-0.25, -0.2) is 0 Å². The van der Waals surface area contributed by atoms with Crippen molar-refractivity contribution in [1.82, 2.24) is 0 Å². The summed E-state index contributed by atoms with van der Waals surface area (Å²) in [4.78, 5) is 0. The van der Waals surface area contributed by atoms with Crippen molar-refractivity contribution in [2.75, 3.05) is 26.4 Å². The van der Waals surface area contributed by atoms with Crippen molar-refractivity contribution in [1.29, 1.82) is 0 Å². The van der Waals surface area contributed by atoms with Crippen LogP contribution in [0.1, 0.15) is 58.4 Å². The molecular formula is C22H38O6Si2. The summed E-state index contributed by atoms with van der Waals surface area (Å²) >= 11 is 0. The first-order valence-electron chi connectivity index (χ1n) is 11.5. The predicted octanol–water partition coefficient (Wildman–Crippen LogP) is 5.43. The summed E-state index contributed by atoms with van der Waals surface area (Å²) in [5.74, 6) is 1.78. The second-order valence-corrected chi connectivity index (χ2v) is 14.2. The van der Waals surface area contributed by atoms with Crippen molar-refractivity contribution in [2.24, 2.45) is 0 Å². The molecule has 1 aliphatic heterocycles. The Morgan fingerprint density at radius 1 is 1.00 bits per heavy atom. The number of hydrogen-bond acceptors (Lipinski definition) is 6. The maximum atomic E-state index is 6.48. The highest BCUT2D eigenvalue weighted by atomic mass is 28.4. The topological polar surface area (TPSA) is 55.4 Å². The van der Waals surface area contributed by atoms with Gasteiger partial charge in [-0.1, -0.05) is 19.3 Å². The number of rotatable bonds is 11. The van der Waals surface area contributed by atoms with Gasteiger partial charge in [0.05, 0.1) is 19.3 Å². The molecular weight excluding hydrogens is 416 g/mol. The van der Waals surface area contributed by atoms with E-state index in [0.29, 0.717) is 44.6 Å². The van der Waals surface area contributed by atoms with Gasteiger partial charge in [0.1, 0.15) is 11.5 Å². The summed E-state index contributed by atoms with van der Waals surface area (Å²) in [6.45, 7) is 11.0. The third-order valence-corrected chi connectivity index (χ3v) is 12.4. The maximum absolute atomic E-state index is 6.48. The average molecular weight is 455 g/mol. The van der Waals surface area contributed by atoms with E-state index in [1.165, 1.54) is 32.1 Å². The van der Waals surface area contributed by atoms with Gasteiger partial charge >= 0.3 is 17.4 Å². The molecule has 30 heavy (non-hydrogen) atoms. The molecule has 1 saturated carbocycles. The largest absolute Gasteiger partial charge is 0.520 e. The van der Waals surface area contributed by atoms with Crippen LogP contribution in [0.4, 0.5) is 0 Å². The molecule has 1 aliphatic carbocycles. The molecule has 2 aliphatic rings. The molecule has 0 saturated heterocycles. The SMILES string of the molecule is CCO[Si](CCOc1ccc2c(c1)CO[Si](C)(C1CCCCC1)O2)(OCC)OCC. The zero-order valence-electron chi connectivity index (χ0n) is 19.0. The van der Waals surface area contributed by atoms with E-state index in [9.17, 15) is 0 Å². The second-order valence-electron chi connectivity index (χ2n) is 8.09. The smallest absolute Gasteiger partial charge is 0.504 e. The van der Waals surface area contributed by atoms with Gasteiger partial charge in [0, 0.05) is 30.9 Å². The highest BCUT2D eigenvalue weighted by molar-refractivity contribution is 6.68. The van der Waals surface area contributed by atoms with Crippen LogP contribution in [0, 0.1) is 0 Å². The van der Waals surface area contributed by atoms with Gasteiger partial charge in [0.2, 0.25) is 0 Å². The Morgan fingerprint density at radius 3 is 2.30 bits per heavy atom. The van der Waals surface area contributed by atoms with Crippen LogP contribution in [0.5, 0.6) is 11.5 Å². The minimum Gasteiger partial charge on any atom is -0.520 e. The lowest BCUT2D eigenvalue weighted by atomic mass is 10.0. The molecule has 1 unspecified atom stereocenters. The molecule has 0 radical (unpaired) electrons. The summed E-state index contributed by atoms with van der Waals surface area (Å²) in [6.07, 6.45) is 6.43. The third kappa shape index (κ3) is 5.86. The van der Waals surface area contributed by atoms with E-state index in [0.717, 1.165) is 17.1 Å². The van der Waals surface area contributed by atoms with Crippen LogP contribution in [-0.4, -0.2) is 43.8 Å². The second kappa shape index (κ2) is 11.1. The molecule has 0 amide bonds. The fourth-order valence-electron chi connectivity index (χ4n) is 4.45. The minimum absolute atomic E-state index is 0.487. The van der Waals surface area contributed by atoms with Crippen molar-refractivity contribution in [3.8, 4) is 11.5 Å². The Bertz CT molecular complexity index is 650. The molecule has 1 aromatic rings. The molecule has 0 spiro atoms. The molecule has 170 valence electrons. The monoisotopic (exact) mass is 454 g/mol. The standard InChI is InChI=1S/C22H38O6Si2/c1-5-24-30(25-6-2,26-7-3)16-15-23-20-13-14-22-19(17-20)18-27-29(4,28-22)21-11-9-8-10-12-21/h13-14,17,21H,5-12,15-16,18H2,1-4H3. The van der Waals surface area contributed by atoms with Crippen LogP contribution < -0.4 is 9.16 Å². The number of benzene rings is 1. The Hall–Kier alpha value is -0.906. The van der Waals surface area contributed by atoms with Gasteiger partial charge in [-0.15, -0.1) is 0 Å². The Kier molecular flexibility index (Phi) is 8.79. The first-order chi connectivity index (χ1) is 14.5. The molecule has 1 fully saturated rings. The summed E-state index contributed by atoms with van der Waals surface area (Å²) in [7, 11) is -4.85. The van der Waals surface area contributed by atoms with E-state index >= 15 is 0 Å². The normalized spacial score (nSPS) is 22.4. The zero-order chi connectivity index (χ0) is 21.5. The van der Waals surface area contributed by atoms with E-state index in [4.69, 9.17) is 26.9 Å². The van der Waals surface area contributed by atoms with Crippen LogP contribution in [0.2, 0.25) is 18.1 Å². The highest BCUT2D eigenvalue weighted by Gasteiger charge is 2.46. The quantitative estimate of drug-likeness (QED) is 0.416. The van der Waals surface area contributed by atoms with E-state index in [1.54, 1.807) is 0 Å². The predicted molar refractivity (Wildman–Crippen MR) is 121 cm³/mol. The zero-order valence-corrected chi connectivity index (χ0v) is 21.0. The first kappa shape index (κ1) is 23.8. The van der Waals surface area contributed by atoms with Crippen LogP contribution in [0.3, 0.4) is 0 Å². The van der Waals surface area contributed by atoms with Crippen LogP contribution in [0.25, 0.3) is 0 Å². The molecule has 6 nitrogen and oxygen atoms in total. The van der Waals surface area contributed by atoms with Crippen molar-refractivity contribution in [3.63, 3.8) is 0 Å². The lowest BCUT2D eigenvalue weighted by molar-refractivity contribution is 0.0675. The highest BCUT2D eigenvalue weighted by Crippen LogP contribution is 2.42. The van der Waals surface area contributed by atoms with E-state index < -0.39 is 17.4 Å². The Balaban J connectivity index is 1.59. The van der Waals surface area contributed by atoms with Crippen LogP contribution in [-0.2, 0) is 24.3 Å². The first-order valence-corrected chi connectivity index (χ1v) is 15.9. The van der Waals surface area contributed by atoms with Gasteiger partial charge < -0.3 is 26.9 Å². The van der Waals surface area contributed by atoms with E-state index in [1.807, 2.05) is 39.0 Å². The molecule has 1 aromatic carbocycles. The molecule has 0 bridgehead atoms. The molecule has 8 heteroatoms. The average Bonchev–Trinajstić information content (AvgIpc) is 2.75. The van der Waals surface area contributed by atoms with E-state index in [2.05, 4.69) is 6.55 Å². The molecule has 0 N–H and O–H groups in total. The summed E-state index contributed by atoms with van der Waals surface area (Å²) in [6, 6.07) is 6.69. The van der Waals surface area contributed by atoms with Crippen molar-refractivity contribution >= 4 is 17.4 Å². The molecule has 0 aromatic heterocycles. The van der Waals surface area contributed by atoms with Gasteiger partial charge in [-0.2, -0.15) is 0 Å². The van der Waals surface area contributed by atoms with Gasteiger partial charge in [-0.3, -0.25) is 0 Å². The minimum atomic E-state index is -2.69.